The second-order valence-corrected chi connectivity index (χ2v) is 8.95. The lowest BCUT2D eigenvalue weighted by atomic mass is 9.98. The quantitative estimate of drug-likeness (QED) is 0.514. The molecule has 0 saturated heterocycles. The van der Waals surface area contributed by atoms with E-state index in [1.54, 1.807) is 21.6 Å². The third kappa shape index (κ3) is 5.89. The Kier molecular flexibility index (Phi) is 6.93. The van der Waals surface area contributed by atoms with Crippen molar-refractivity contribution in [3.8, 4) is 0 Å². The Hall–Kier alpha value is -2.78. The summed E-state index contributed by atoms with van der Waals surface area (Å²) in [5.74, 6) is 0.662. The van der Waals surface area contributed by atoms with E-state index in [0.717, 1.165) is 18.4 Å². The molecule has 9 heteroatoms. The van der Waals surface area contributed by atoms with Crippen LogP contribution in [0.3, 0.4) is 0 Å². The van der Waals surface area contributed by atoms with Crippen LogP contribution in [-0.2, 0) is 28.2 Å². The fraction of sp³-hybridized carbons (Fsp3) is 0.409. The molecule has 0 bridgehead atoms. The highest BCUT2D eigenvalue weighted by molar-refractivity contribution is 7.78. The molecule has 0 spiro atoms. The minimum Gasteiger partial charge on any atom is -0.772 e. The molecule has 2 atom stereocenters. The molecule has 1 N–H and O–H groups in total. The summed E-state index contributed by atoms with van der Waals surface area (Å²) in [6.45, 7) is 0.622. The zero-order valence-electron chi connectivity index (χ0n) is 17.2. The number of aromatic nitrogens is 4. The Balaban J connectivity index is 1.46. The highest BCUT2D eigenvalue weighted by Gasteiger charge is 2.28. The Labute approximate surface area is 183 Å². The second kappa shape index (κ2) is 10.0. The minimum atomic E-state index is -2.19. The molecular weight excluding hydrogens is 414 g/mol. The van der Waals surface area contributed by atoms with Crippen molar-refractivity contribution in [2.45, 2.75) is 50.4 Å². The fourth-order valence-electron chi connectivity index (χ4n) is 4.15. The number of carbonyl (C=O) groups excluding carboxylic acids is 1. The Bertz CT molecular complexity index is 1030. The summed E-state index contributed by atoms with van der Waals surface area (Å²) in [5, 5.41) is 11.7. The third-order valence-electron chi connectivity index (χ3n) is 5.67. The molecule has 164 valence electrons. The SMILES string of the molecule is O=C(Nc1ccn(Cc2ccccc2)n1)[C@H](CC1CCCC1)n1cc(CS(=O)[O-])cn1. The van der Waals surface area contributed by atoms with E-state index in [1.165, 1.54) is 19.0 Å². The fourth-order valence-corrected chi connectivity index (χ4v) is 4.57. The first-order valence-electron chi connectivity index (χ1n) is 10.5. The average molecular weight is 441 g/mol. The van der Waals surface area contributed by atoms with E-state index >= 15 is 0 Å². The van der Waals surface area contributed by atoms with Crippen molar-refractivity contribution in [1.29, 1.82) is 0 Å². The largest absolute Gasteiger partial charge is 0.772 e. The van der Waals surface area contributed by atoms with Crippen molar-refractivity contribution in [1.82, 2.24) is 19.6 Å². The van der Waals surface area contributed by atoms with Crippen molar-refractivity contribution in [2.75, 3.05) is 5.32 Å². The number of carbonyl (C=O) groups is 1. The summed E-state index contributed by atoms with van der Waals surface area (Å²) in [4.78, 5) is 13.2. The van der Waals surface area contributed by atoms with Crippen LogP contribution in [0.5, 0.6) is 0 Å². The lowest BCUT2D eigenvalue weighted by molar-refractivity contribution is -0.120. The summed E-state index contributed by atoms with van der Waals surface area (Å²) in [6.07, 6.45) is 10.3. The van der Waals surface area contributed by atoms with Gasteiger partial charge in [-0.25, -0.2) is 0 Å². The van der Waals surface area contributed by atoms with Crippen molar-refractivity contribution in [3.05, 3.63) is 66.1 Å². The molecule has 1 aromatic carbocycles. The number of benzene rings is 1. The molecule has 1 amide bonds. The van der Waals surface area contributed by atoms with Gasteiger partial charge in [-0.15, -0.1) is 0 Å². The second-order valence-electron chi connectivity index (χ2n) is 8.05. The van der Waals surface area contributed by atoms with Crippen LogP contribution in [0.25, 0.3) is 0 Å². The van der Waals surface area contributed by atoms with E-state index in [9.17, 15) is 13.6 Å². The van der Waals surface area contributed by atoms with Gasteiger partial charge in [-0.1, -0.05) is 67.1 Å². The van der Waals surface area contributed by atoms with Crippen LogP contribution < -0.4 is 5.32 Å². The van der Waals surface area contributed by atoms with Gasteiger partial charge in [0, 0.05) is 29.8 Å². The van der Waals surface area contributed by atoms with Gasteiger partial charge in [0.1, 0.15) is 6.04 Å². The number of hydrogen-bond donors (Lipinski definition) is 1. The molecule has 8 nitrogen and oxygen atoms in total. The number of nitrogens with one attached hydrogen (secondary N) is 1. The molecule has 2 heterocycles. The summed E-state index contributed by atoms with van der Waals surface area (Å²) in [6, 6.07) is 11.3. The molecule has 31 heavy (non-hydrogen) atoms. The van der Waals surface area contributed by atoms with E-state index in [2.05, 4.69) is 15.5 Å². The first kappa shape index (κ1) is 21.5. The Morgan fingerprint density at radius 2 is 1.97 bits per heavy atom. The van der Waals surface area contributed by atoms with E-state index < -0.39 is 17.1 Å². The van der Waals surface area contributed by atoms with Crippen molar-refractivity contribution >= 4 is 22.8 Å². The van der Waals surface area contributed by atoms with Crippen LogP contribution in [-0.4, -0.2) is 34.2 Å². The van der Waals surface area contributed by atoms with Gasteiger partial charge in [0.15, 0.2) is 5.82 Å². The van der Waals surface area contributed by atoms with Gasteiger partial charge in [0.05, 0.1) is 12.7 Å². The smallest absolute Gasteiger partial charge is 0.250 e. The topological polar surface area (TPSA) is 105 Å². The van der Waals surface area contributed by atoms with Crippen LogP contribution in [0, 0.1) is 5.92 Å². The highest BCUT2D eigenvalue weighted by Crippen LogP contribution is 2.32. The number of amides is 1. The molecule has 4 rings (SSSR count). The number of nitrogens with zero attached hydrogens (tertiary/aromatic N) is 4. The third-order valence-corrected chi connectivity index (χ3v) is 6.24. The molecule has 1 aliphatic carbocycles. The Morgan fingerprint density at radius 1 is 1.19 bits per heavy atom. The molecule has 1 saturated carbocycles. The van der Waals surface area contributed by atoms with Crippen LogP contribution >= 0.6 is 0 Å². The molecule has 2 aromatic heterocycles. The molecule has 0 radical (unpaired) electrons. The first-order valence-corrected chi connectivity index (χ1v) is 11.8. The van der Waals surface area contributed by atoms with Crippen molar-refractivity contribution in [2.24, 2.45) is 5.92 Å². The highest BCUT2D eigenvalue weighted by atomic mass is 32.2. The molecular formula is C22H26N5O3S-. The van der Waals surface area contributed by atoms with Crippen LogP contribution in [0.15, 0.2) is 55.0 Å². The minimum absolute atomic E-state index is 0.109. The standard InChI is InChI=1S/C22H27N5O3S/c28-22(24-21-10-11-26(25-21)14-18-8-2-1-3-9-18)20(12-17-6-4-5-7-17)27-15-19(13-23-27)16-31(29)30/h1-3,8-11,13,15,17,20H,4-7,12,14,16H2,(H,29,30)(H,24,25,28)/p-1/t20-/m0/s1. The Morgan fingerprint density at radius 3 is 2.71 bits per heavy atom. The lowest BCUT2D eigenvalue weighted by Gasteiger charge is -2.20. The van der Waals surface area contributed by atoms with Gasteiger partial charge in [0.2, 0.25) is 5.91 Å². The van der Waals surface area contributed by atoms with Gasteiger partial charge in [0.25, 0.3) is 0 Å². The molecule has 0 aliphatic heterocycles. The maximum atomic E-state index is 13.2. The van der Waals surface area contributed by atoms with Gasteiger partial charge in [-0.2, -0.15) is 10.2 Å². The van der Waals surface area contributed by atoms with Crippen molar-refractivity contribution < 1.29 is 13.6 Å². The van der Waals surface area contributed by atoms with E-state index in [0.29, 0.717) is 30.3 Å². The zero-order valence-corrected chi connectivity index (χ0v) is 18.0. The maximum Gasteiger partial charge on any atom is 0.250 e. The molecule has 3 aromatic rings. The maximum absolute atomic E-state index is 13.2. The van der Waals surface area contributed by atoms with Gasteiger partial charge in [-0.3, -0.25) is 18.4 Å². The average Bonchev–Trinajstić information content (AvgIpc) is 3.49. The zero-order chi connectivity index (χ0) is 21.6. The summed E-state index contributed by atoms with van der Waals surface area (Å²) < 4.78 is 25.4. The lowest BCUT2D eigenvalue weighted by Crippen LogP contribution is -2.28. The van der Waals surface area contributed by atoms with Crippen LogP contribution in [0.2, 0.25) is 0 Å². The van der Waals surface area contributed by atoms with E-state index in [4.69, 9.17) is 0 Å². The summed E-state index contributed by atoms with van der Waals surface area (Å²) in [7, 11) is 0. The van der Waals surface area contributed by atoms with Gasteiger partial charge < -0.3 is 9.87 Å². The molecule has 1 fully saturated rings. The van der Waals surface area contributed by atoms with E-state index in [1.807, 2.05) is 36.5 Å². The van der Waals surface area contributed by atoms with Gasteiger partial charge in [-0.05, 0) is 17.9 Å². The predicted molar refractivity (Wildman–Crippen MR) is 117 cm³/mol. The molecule has 1 unspecified atom stereocenters. The number of hydrogen-bond acceptors (Lipinski definition) is 5. The molecule has 1 aliphatic rings. The number of rotatable bonds is 9. The first-order chi connectivity index (χ1) is 15.1. The van der Waals surface area contributed by atoms with E-state index in [-0.39, 0.29) is 11.7 Å². The monoisotopic (exact) mass is 440 g/mol. The van der Waals surface area contributed by atoms with Gasteiger partial charge >= 0.3 is 0 Å². The van der Waals surface area contributed by atoms with Crippen molar-refractivity contribution in [3.63, 3.8) is 0 Å². The van der Waals surface area contributed by atoms with Crippen LogP contribution in [0.1, 0.15) is 49.3 Å². The normalized spacial score (nSPS) is 16.3. The number of anilines is 1. The van der Waals surface area contributed by atoms with Crippen LogP contribution in [0.4, 0.5) is 5.82 Å². The predicted octanol–water partition coefficient (Wildman–Crippen LogP) is 3.27. The summed E-state index contributed by atoms with van der Waals surface area (Å²) >= 11 is -2.19. The summed E-state index contributed by atoms with van der Waals surface area (Å²) in [5.41, 5.74) is 1.70.